The summed E-state index contributed by atoms with van der Waals surface area (Å²) in [5.41, 5.74) is 2.55. The summed E-state index contributed by atoms with van der Waals surface area (Å²) in [7, 11) is 1.23. The van der Waals surface area contributed by atoms with E-state index in [9.17, 15) is 24.0 Å². The predicted octanol–water partition coefficient (Wildman–Crippen LogP) is 8.67. The molecule has 4 N–H and O–H groups in total. The van der Waals surface area contributed by atoms with Gasteiger partial charge in [0.15, 0.2) is 0 Å². The maximum Gasteiger partial charge on any atom is 0.341 e. The van der Waals surface area contributed by atoms with Crippen molar-refractivity contribution < 1.29 is 28.7 Å². The van der Waals surface area contributed by atoms with Gasteiger partial charge in [-0.3, -0.25) is 19.2 Å². The highest BCUT2D eigenvalue weighted by atomic mass is 35.5. The van der Waals surface area contributed by atoms with Crippen LogP contribution in [0.25, 0.3) is 6.08 Å². The van der Waals surface area contributed by atoms with Crippen LogP contribution in [-0.4, -0.2) is 42.0 Å². The molecular formula is C40H35ClN4O6S2. The first kappa shape index (κ1) is 38.5. The molecule has 13 heteroatoms. The number of hydrogen-bond acceptors (Lipinski definition) is 8. The summed E-state index contributed by atoms with van der Waals surface area (Å²) in [5.74, 6) is -2.50. The predicted molar refractivity (Wildman–Crippen MR) is 212 cm³/mol. The second-order valence-electron chi connectivity index (χ2n) is 11.5. The van der Waals surface area contributed by atoms with E-state index < -0.39 is 28.9 Å². The van der Waals surface area contributed by atoms with Crippen LogP contribution in [0, 0.1) is 6.92 Å². The van der Waals surface area contributed by atoms with Gasteiger partial charge < -0.3 is 26.0 Å². The molecule has 0 radical (unpaired) electrons. The van der Waals surface area contributed by atoms with E-state index in [1.165, 1.54) is 18.9 Å². The molecule has 53 heavy (non-hydrogen) atoms. The number of methoxy groups -OCH3 is 1. The van der Waals surface area contributed by atoms with Gasteiger partial charge >= 0.3 is 5.97 Å². The Labute approximate surface area is 320 Å². The first-order chi connectivity index (χ1) is 25.6. The molecule has 0 aliphatic carbocycles. The lowest BCUT2D eigenvalue weighted by molar-refractivity contribution is -0.116. The molecule has 270 valence electrons. The number of anilines is 3. The summed E-state index contributed by atoms with van der Waals surface area (Å²) < 4.78 is 4.99. The maximum absolute atomic E-state index is 13.7. The van der Waals surface area contributed by atoms with Crippen molar-refractivity contribution in [2.24, 2.45) is 0 Å². The maximum atomic E-state index is 13.7. The fourth-order valence-electron chi connectivity index (χ4n) is 5.07. The van der Waals surface area contributed by atoms with E-state index in [0.29, 0.717) is 44.4 Å². The lowest BCUT2D eigenvalue weighted by atomic mass is 10.1. The topological polar surface area (TPSA) is 143 Å². The molecular weight excluding hydrogens is 732 g/mol. The van der Waals surface area contributed by atoms with Gasteiger partial charge in [-0.1, -0.05) is 73.1 Å². The standard InChI is InChI=1S/C40H35ClN4O6S2/c1-4-32(37(48)45-39-33(40(50)51-3)24(2)34(53-39)38(49)42-28-14-9-6-10-15-28)52-30-17-11-16-29(23-30)43-36(47)31(22-25-18-20-27(41)21-19-25)44-35(46)26-12-7-5-8-13-26/h5-23,32H,4H2,1-3H3,(H,42,49)(H,43,47)(H,44,46)(H,45,48)/b31-22+. The van der Waals surface area contributed by atoms with E-state index >= 15 is 0 Å². The molecule has 5 rings (SSSR count). The Morgan fingerprint density at radius 2 is 1.47 bits per heavy atom. The summed E-state index contributed by atoms with van der Waals surface area (Å²) in [5, 5.41) is 11.3. The van der Waals surface area contributed by atoms with Crippen molar-refractivity contribution in [2.75, 3.05) is 23.1 Å². The van der Waals surface area contributed by atoms with E-state index in [1.807, 2.05) is 13.0 Å². The van der Waals surface area contributed by atoms with Gasteiger partial charge in [-0.15, -0.1) is 23.1 Å². The number of ether oxygens (including phenoxy) is 1. The third-order valence-corrected chi connectivity index (χ3v) is 10.6. The third-order valence-electron chi connectivity index (χ3n) is 7.75. The van der Waals surface area contributed by atoms with Crippen LogP contribution in [0.1, 0.15) is 54.9 Å². The molecule has 4 aromatic carbocycles. The van der Waals surface area contributed by atoms with Crippen LogP contribution >= 0.6 is 34.7 Å². The van der Waals surface area contributed by atoms with Gasteiger partial charge in [0.05, 0.1) is 22.8 Å². The SMILES string of the molecule is CCC(Sc1cccc(NC(=O)/C(=C\c2ccc(Cl)cc2)NC(=O)c2ccccc2)c1)C(=O)Nc1sc(C(=O)Nc2ccccc2)c(C)c1C(=O)OC. The Morgan fingerprint density at radius 1 is 0.811 bits per heavy atom. The summed E-state index contributed by atoms with van der Waals surface area (Å²) in [6.07, 6.45) is 1.97. The smallest absolute Gasteiger partial charge is 0.341 e. The Kier molecular flexibility index (Phi) is 13.2. The monoisotopic (exact) mass is 766 g/mol. The average molecular weight is 767 g/mol. The Hall–Kier alpha value is -5.69. The Balaban J connectivity index is 1.32. The van der Waals surface area contributed by atoms with Crippen molar-refractivity contribution in [3.05, 3.63) is 147 Å². The highest BCUT2D eigenvalue weighted by Crippen LogP contribution is 2.36. The number of esters is 1. The molecule has 1 heterocycles. The molecule has 0 saturated carbocycles. The number of amides is 4. The molecule has 4 amide bonds. The first-order valence-corrected chi connectivity index (χ1v) is 18.4. The third kappa shape index (κ3) is 10.2. The van der Waals surface area contributed by atoms with Crippen molar-refractivity contribution in [1.82, 2.24) is 5.32 Å². The zero-order valence-corrected chi connectivity index (χ0v) is 31.3. The van der Waals surface area contributed by atoms with Crippen molar-refractivity contribution in [1.29, 1.82) is 0 Å². The molecule has 0 aliphatic rings. The number of thiophene rings is 1. The van der Waals surface area contributed by atoms with Crippen LogP contribution in [0.2, 0.25) is 5.02 Å². The minimum atomic E-state index is -0.679. The number of thioether (sulfide) groups is 1. The van der Waals surface area contributed by atoms with Gasteiger partial charge in [0.1, 0.15) is 10.7 Å². The number of rotatable bonds is 13. The van der Waals surface area contributed by atoms with E-state index in [-0.39, 0.29) is 27.0 Å². The van der Waals surface area contributed by atoms with Gasteiger partial charge in [0, 0.05) is 26.9 Å². The van der Waals surface area contributed by atoms with Gasteiger partial charge in [-0.05, 0) is 85.1 Å². The number of para-hydroxylation sites is 1. The van der Waals surface area contributed by atoms with Gasteiger partial charge in [0.25, 0.3) is 17.7 Å². The van der Waals surface area contributed by atoms with Crippen LogP contribution in [0.15, 0.2) is 120 Å². The first-order valence-electron chi connectivity index (χ1n) is 16.4. The molecule has 5 aromatic rings. The molecule has 1 unspecified atom stereocenters. The average Bonchev–Trinajstić information content (AvgIpc) is 3.49. The number of carbonyl (C=O) groups excluding carboxylic acids is 5. The number of carbonyl (C=O) groups is 5. The molecule has 0 aliphatic heterocycles. The number of hydrogen-bond donors (Lipinski definition) is 4. The zero-order chi connectivity index (χ0) is 37.9. The molecule has 0 bridgehead atoms. The zero-order valence-electron chi connectivity index (χ0n) is 28.9. The molecule has 1 atom stereocenters. The van der Waals surface area contributed by atoms with Crippen molar-refractivity contribution >= 4 is 86.7 Å². The van der Waals surface area contributed by atoms with Crippen molar-refractivity contribution in [3.63, 3.8) is 0 Å². The fraction of sp³-hybridized carbons (Fsp3) is 0.125. The van der Waals surface area contributed by atoms with Crippen LogP contribution in [0.3, 0.4) is 0 Å². The second-order valence-corrected chi connectivity index (χ2v) is 14.2. The van der Waals surface area contributed by atoms with E-state index in [4.69, 9.17) is 16.3 Å². The number of benzene rings is 4. The highest BCUT2D eigenvalue weighted by Gasteiger charge is 2.28. The summed E-state index contributed by atoms with van der Waals surface area (Å²) in [4.78, 5) is 67.2. The molecule has 0 fully saturated rings. The van der Waals surface area contributed by atoms with Crippen LogP contribution in [0.4, 0.5) is 16.4 Å². The lowest BCUT2D eigenvalue weighted by Gasteiger charge is -2.16. The van der Waals surface area contributed by atoms with E-state index in [0.717, 1.165) is 11.3 Å². The van der Waals surface area contributed by atoms with E-state index in [2.05, 4.69) is 21.3 Å². The Morgan fingerprint density at radius 3 is 2.13 bits per heavy atom. The highest BCUT2D eigenvalue weighted by molar-refractivity contribution is 8.00. The normalized spacial score (nSPS) is 11.6. The number of nitrogens with one attached hydrogen (secondary N) is 4. The largest absolute Gasteiger partial charge is 0.465 e. The second kappa shape index (κ2) is 18.2. The molecule has 0 saturated heterocycles. The fourth-order valence-corrected chi connectivity index (χ4v) is 7.30. The van der Waals surface area contributed by atoms with E-state index in [1.54, 1.807) is 116 Å². The Bertz CT molecular complexity index is 2160. The van der Waals surface area contributed by atoms with Crippen LogP contribution < -0.4 is 21.3 Å². The molecule has 1 aromatic heterocycles. The quantitative estimate of drug-likeness (QED) is 0.0534. The van der Waals surface area contributed by atoms with Crippen molar-refractivity contribution in [2.45, 2.75) is 30.4 Å². The van der Waals surface area contributed by atoms with Gasteiger partial charge in [0.2, 0.25) is 5.91 Å². The summed E-state index contributed by atoms with van der Waals surface area (Å²) in [6.45, 7) is 3.49. The minimum absolute atomic E-state index is 0.00881. The summed E-state index contributed by atoms with van der Waals surface area (Å²) in [6, 6.07) is 31.2. The van der Waals surface area contributed by atoms with Gasteiger partial charge in [-0.25, -0.2) is 4.79 Å². The summed E-state index contributed by atoms with van der Waals surface area (Å²) >= 11 is 8.30. The number of halogens is 1. The molecule has 10 nitrogen and oxygen atoms in total. The molecule has 0 spiro atoms. The minimum Gasteiger partial charge on any atom is -0.465 e. The van der Waals surface area contributed by atoms with Crippen molar-refractivity contribution in [3.8, 4) is 0 Å². The van der Waals surface area contributed by atoms with Gasteiger partial charge in [-0.2, -0.15) is 0 Å². The van der Waals surface area contributed by atoms with Crippen LogP contribution in [0.5, 0.6) is 0 Å². The lowest BCUT2D eigenvalue weighted by Crippen LogP contribution is -2.30. The van der Waals surface area contributed by atoms with Crippen LogP contribution in [-0.2, 0) is 14.3 Å².